The first-order chi connectivity index (χ1) is 9.52. The van der Waals surface area contributed by atoms with E-state index in [9.17, 15) is 14.4 Å². The summed E-state index contributed by atoms with van der Waals surface area (Å²) in [6, 6.07) is 5.90. The number of hydrogen-bond donors (Lipinski definition) is 4. The normalized spacial score (nSPS) is 9.65. The molecule has 0 radical (unpaired) electrons. The van der Waals surface area contributed by atoms with Crippen molar-refractivity contribution in [2.24, 2.45) is 0 Å². The van der Waals surface area contributed by atoms with E-state index in [2.05, 4.69) is 16.0 Å². The van der Waals surface area contributed by atoms with Crippen molar-refractivity contribution < 1.29 is 19.5 Å². The lowest BCUT2D eigenvalue weighted by Crippen LogP contribution is -2.37. The third-order valence-corrected chi connectivity index (χ3v) is 2.54. The van der Waals surface area contributed by atoms with Crippen LogP contribution in [0.25, 0.3) is 0 Å². The lowest BCUT2D eigenvalue weighted by Gasteiger charge is -2.07. The molecule has 0 spiro atoms. The number of carbonyl (C=O) groups is 3. The summed E-state index contributed by atoms with van der Waals surface area (Å²) in [5.74, 6) is -1.17. The molecule has 0 bridgehead atoms. The molecule has 7 heteroatoms. The lowest BCUT2D eigenvalue weighted by molar-refractivity contribution is -0.120. The summed E-state index contributed by atoms with van der Waals surface area (Å²) in [5, 5.41) is 16.4. The van der Waals surface area contributed by atoms with Gasteiger partial charge in [-0.25, -0.2) is 9.59 Å². The highest BCUT2D eigenvalue weighted by molar-refractivity contribution is 5.87. The Bertz CT molecular complexity index is 502. The van der Waals surface area contributed by atoms with Crippen LogP contribution in [0.15, 0.2) is 24.3 Å². The summed E-state index contributed by atoms with van der Waals surface area (Å²) in [4.78, 5) is 33.2. The number of urea groups is 1. The van der Waals surface area contributed by atoms with Gasteiger partial charge >= 0.3 is 12.0 Å². The van der Waals surface area contributed by atoms with Crippen LogP contribution in [0.3, 0.4) is 0 Å². The zero-order valence-electron chi connectivity index (χ0n) is 11.1. The van der Waals surface area contributed by atoms with Crippen molar-refractivity contribution in [3.63, 3.8) is 0 Å². The van der Waals surface area contributed by atoms with Gasteiger partial charge < -0.3 is 21.1 Å². The summed E-state index contributed by atoms with van der Waals surface area (Å²) in [6.45, 7) is 0.452. The average Bonchev–Trinajstić information content (AvgIpc) is 2.45. The highest BCUT2D eigenvalue weighted by atomic mass is 16.4. The Labute approximate surface area is 116 Å². The predicted molar refractivity (Wildman–Crippen MR) is 72.3 cm³/mol. The first kappa shape index (κ1) is 15.5. The molecule has 20 heavy (non-hydrogen) atoms. The molecule has 1 aromatic carbocycles. The Morgan fingerprint density at radius 3 is 2.60 bits per heavy atom. The van der Waals surface area contributed by atoms with E-state index in [1.807, 2.05) is 0 Å². The fourth-order valence-corrected chi connectivity index (χ4v) is 1.47. The van der Waals surface area contributed by atoms with Crippen LogP contribution in [0, 0.1) is 0 Å². The van der Waals surface area contributed by atoms with E-state index in [-0.39, 0.29) is 31.0 Å². The van der Waals surface area contributed by atoms with E-state index < -0.39 is 12.0 Å². The molecule has 1 aromatic rings. The predicted octanol–water partition coefficient (Wildman–Crippen LogP) is 0.320. The minimum Gasteiger partial charge on any atom is -0.478 e. The van der Waals surface area contributed by atoms with E-state index in [0.717, 1.165) is 0 Å². The minimum atomic E-state index is -1.01. The molecule has 0 aliphatic carbocycles. The highest BCUT2D eigenvalue weighted by Crippen LogP contribution is 2.04. The lowest BCUT2D eigenvalue weighted by atomic mass is 10.1. The Hall–Kier alpha value is -2.57. The molecule has 0 aliphatic heterocycles. The molecule has 0 heterocycles. The molecule has 7 nitrogen and oxygen atoms in total. The van der Waals surface area contributed by atoms with Crippen molar-refractivity contribution in [1.82, 2.24) is 16.0 Å². The van der Waals surface area contributed by atoms with E-state index >= 15 is 0 Å². The minimum absolute atomic E-state index is 0.153. The maximum absolute atomic E-state index is 11.4. The van der Waals surface area contributed by atoms with Crippen LogP contribution in [0.5, 0.6) is 0 Å². The number of rotatable bonds is 6. The third-order valence-electron chi connectivity index (χ3n) is 2.54. The van der Waals surface area contributed by atoms with E-state index in [1.54, 1.807) is 12.1 Å². The molecule has 0 atom stereocenters. The second-order valence-corrected chi connectivity index (χ2v) is 4.04. The third kappa shape index (κ3) is 5.38. The number of carboxylic acids is 1. The van der Waals surface area contributed by atoms with Crippen LogP contribution < -0.4 is 16.0 Å². The summed E-state index contributed by atoms with van der Waals surface area (Å²) in [5.41, 5.74) is 0.857. The van der Waals surface area contributed by atoms with Crippen LogP contribution in [0.2, 0.25) is 0 Å². The Kier molecular flexibility index (Phi) is 6.02. The van der Waals surface area contributed by atoms with Crippen molar-refractivity contribution in [3.8, 4) is 0 Å². The van der Waals surface area contributed by atoms with Gasteiger partial charge in [0.15, 0.2) is 0 Å². The van der Waals surface area contributed by atoms with Gasteiger partial charge in [0, 0.05) is 26.6 Å². The maximum atomic E-state index is 11.4. The summed E-state index contributed by atoms with van der Waals surface area (Å²) >= 11 is 0. The monoisotopic (exact) mass is 279 g/mol. The fraction of sp³-hybridized carbons (Fsp3) is 0.308. The van der Waals surface area contributed by atoms with Gasteiger partial charge in [-0.05, 0) is 17.7 Å². The number of carboxylic acid groups (broad SMARTS) is 1. The van der Waals surface area contributed by atoms with E-state index in [1.165, 1.54) is 19.2 Å². The number of amides is 3. The fourth-order valence-electron chi connectivity index (χ4n) is 1.47. The zero-order valence-corrected chi connectivity index (χ0v) is 11.1. The standard InChI is InChI=1S/C13H17N3O4/c1-14-11(17)5-6-15-13(20)16-8-9-3-2-4-10(7-9)12(18)19/h2-4,7H,5-6,8H2,1H3,(H,14,17)(H,18,19)(H2,15,16,20). The van der Waals surface area contributed by atoms with Gasteiger partial charge in [-0.1, -0.05) is 12.1 Å². The quantitative estimate of drug-likeness (QED) is 0.601. The number of carbonyl (C=O) groups excluding carboxylic acids is 2. The molecule has 1 rings (SSSR count). The molecule has 4 N–H and O–H groups in total. The van der Waals surface area contributed by atoms with Crippen LogP contribution in [0.1, 0.15) is 22.3 Å². The van der Waals surface area contributed by atoms with Crippen molar-refractivity contribution in [2.45, 2.75) is 13.0 Å². The van der Waals surface area contributed by atoms with Gasteiger partial charge in [0.1, 0.15) is 0 Å². The highest BCUT2D eigenvalue weighted by Gasteiger charge is 2.05. The SMILES string of the molecule is CNC(=O)CCNC(=O)NCc1cccc(C(=O)O)c1. The topological polar surface area (TPSA) is 108 Å². The summed E-state index contributed by atoms with van der Waals surface area (Å²) in [7, 11) is 1.53. The smallest absolute Gasteiger partial charge is 0.335 e. The number of benzene rings is 1. The number of aromatic carboxylic acids is 1. The van der Waals surface area contributed by atoms with Crippen molar-refractivity contribution >= 4 is 17.9 Å². The second-order valence-electron chi connectivity index (χ2n) is 4.04. The molecule has 0 saturated carbocycles. The maximum Gasteiger partial charge on any atom is 0.335 e. The zero-order chi connectivity index (χ0) is 15.0. The Morgan fingerprint density at radius 2 is 1.95 bits per heavy atom. The molecule has 108 valence electrons. The Morgan fingerprint density at radius 1 is 1.20 bits per heavy atom. The van der Waals surface area contributed by atoms with Gasteiger partial charge in [-0.15, -0.1) is 0 Å². The molecular weight excluding hydrogens is 262 g/mol. The van der Waals surface area contributed by atoms with Crippen LogP contribution >= 0.6 is 0 Å². The van der Waals surface area contributed by atoms with Crippen molar-refractivity contribution in [2.75, 3.05) is 13.6 Å². The van der Waals surface area contributed by atoms with Crippen molar-refractivity contribution in [1.29, 1.82) is 0 Å². The van der Waals surface area contributed by atoms with Gasteiger partial charge in [0.2, 0.25) is 5.91 Å². The van der Waals surface area contributed by atoms with Crippen LogP contribution in [-0.2, 0) is 11.3 Å². The first-order valence-corrected chi connectivity index (χ1v) is 6.07. The number of hydrogen-bond acceptors (Lipinski definition) is 3. The molecule has 0 saturated heterocycles. The van der Waals surface area contributed by atoms with Gasteiger partial charge in [0.05, 0.1) is 5.56 Å². The largest absolute Gasteiger partial charge is 0.478 e. The van der Waals surface area contributed by atoms with Crippen LogP contribution in [-0.4, -0.2) is 36.6 Å². The molecule has 0 aliphatic rings. The molecule has 3 amide bonds. The van der Waals surface area contributed by atoms with Crippen LogP contribution in [0.4, 0.5) is 4.79 Å². The number of nitrogens with one attached hydrogen (secondary N) is 3. The van der Waals surface area contributed by atoms with Gasteiger partial charge in [-0.3, -0.25) is 4.79 Å². The molecule has 0 unspecified atom stereocenters. The Balaban J connectivity index is 2.35. The summed E-state index contributed by atoms with van der Waals surface area (Å²) < 4.78 is 0. The molecule has 0 aromatic heterocycles. The molecule has 0 fully saturated rings. The van der Waals surface area contributed by atoms with E-state index in [0.29, 0.717) is 5.56 Å². The average molecular weight is 279 g/mol. The summed E-state index contributed by atoms with van der Waals surface area (Å²) in [6.07, 6.45) is 0.207. The molecular formula is C13H17N3O4. The second kappa shape index (κ2) is 7.78. The first-order valence-electron chi connectivity index (χ1n) is 6.07. The van der Waals surface area contributed by atoms with Gasteiger partial charge in [-0.2, -0.15) is 0 Å². The van der Waals surface area contributed by atoms with E-state index in [4.69, 9.17) is 5.11 Å². The van der Waals surface area contributed by atoms with Crippen molar-refractivity contribution in [3.05, 3.63) is 35.4 Å². The van der Waals surface area contributed by atoms with Gasteiger partial charge in [0.25, 0.3) is 0 Å².